The van der Waals surface area contributed by atoms with E-state index in [0.717, 1.165) is 17.1 Å². The van der Waals surface area contributed by atoms with E-state index in [-0.39, 0.29) is 12.3 Å². The van der Waals surface area contributed by atoms with Gasteiger partial charge in [0.1, 0.15) is 17.9 Å². The number of carbonyl (C=O) groups excluding carboxylic acids is 1. The van der Waals surface area contributed by atoms with Gasteiger partial charge in [-0.25, -0.2) is 0 Å². The summed E-state index contributed by atoms with van der Waals surface area (Å²) in [4.78, 5) is 11.3. The third-order valence-electron chi connectivity index (χ3n) is 3.42. The maximum absolute atomic E-state index is 11.3. The molecule has 0 fully saturated rings. The molecule has 0 unspecified atom stereocenters. The van der Waals surface area contributed by atoms with Crippen molar-refractivity contribution in [1.29, 1.82) is 5.26 Å². The molecule has 0 aliphatic heterocycles. The molecule has 0 bridgehead atoms. The molecular formula is C19H20N2O2. The molecular weight excluding hydrogens is 288 g/mol. The first kappa shape index (κ1) is 16.6. The number of rotatable bonds is 6. The van der Waals surface area contributed by atoms with Crippen molar-refractivity contribution in [3.63, 3.8) is 0 Å². The molecule has 0 aliphatic rings. The number of para-hydroxylation sites is 1. The molecule has 0 heterocycles. The molecule has 1 N–H and O–H groups in total. The number of hydrogen-bond donors (Lipinski definition) is 1. The van der Waals surface area contributed by atoms with Crippen LogP contribution >= 0.6 is 0 Å². The molecule has 2 rings (SSSR count). The van der Waals surface area contributed by atoms with Gasteiger partial charge in [-0.05, 0) is 35.2 Å². The third-order valence-corrected chi connectivity index (χ3v) is 3.42. The predicted molar refractivity (Wildman–Crippen MR) is 89.1 cm³/mol. The molecule has 1 amide bonds. The summed E-state index contributed by atoms with van der Waals surface area (Å²) in [5.74, 6) is 1.74. The number of carbonyl (C=O) groups is 1. The van der Waals surface area contributed by atoms with Crippen molar-refractivity contribution in [2.75, 3.05) is 0 Å². The highest BCUT2D eigenvalue weighted by atomic mass is 16.5. The highest BCUT2D eigenvalue weighted by Gasteiger charge is 2.08. The topological polar surface area (TPSA) is 62.1 Å². The number of nitriles is 1. The van der Waals surface area contributed by atoms with Crippen molar-refractivity contribution in [2.24, 2.45) is 0 Å². The van der Waals surface area contributed by atoms with Crippen molar-refractivity contribution >= 4 is 5.91 Å². The Bertz CT molecular complexity index is 700. The van der Waals surface area contributed by atoms with Gasteiger partial charge in [0.05, 0.1) is 6.07 Å². The van der Waals surface area contributed by atoms with E-state index in [0.29, 0.717) is 12.5 Å². The quantitative estimate of drug-likeness (QED) is 0.872. The molecule has 2 aromatic carbocycles. The monoisotopic (exact) mass is 308 g/mol. The zero-order valence-corrected chi connectivity index (χ0v) is 13.4. The summed E-state index contributed by atoms with van der Waals surface area (Å²) in [6.07, 6.45) is -0.118. The van der Waals surface area contributed by atoms with E-state index >= 15 is 0 Å². The lowest BCUT2D eigenvalue weighted by Gasteiger charge is -2.13. The fourth-order valence-corrected chi connectivity index (χ4v) is 2.19. The lowest BCUT2D eigenvalue weighted by Crippen LogP contribution is -2.21. The van der Waals surface area contributed by atoms with Gasteiger partial charge >= 0.3 is 0 Å². The Morgan fingerprint density at radius 3 is 2.52 bits per heavy atom. The van der Waals surface area contributed by atoms with Gasteiger partial charge in [-0.15, -0.1) is 0 Å². The Labute approximate surface area is 136 Å². The van der Waals surface area contributed by atoms with Gasteiger partial charge in [-0.3, -0.25) is 4.79 Å². The lowest BCUT2D eigenvalue weighted by atomic mass is 10.0. The average molecular weight is 308 g/mol. The zero-order valence-electron chi connectivity index (χ0n) is 13.4. The van der Waals surface area contributed by atoms with Gasteiger partial charge < -0.3 is 10.1 Å². The van der Waals surface area contributed by atoms with Crippen molar-refractivity contribution in [3.8, 4) is 17.6 Å². The number of hydrogen-bond acceptors (Lipinski definition) is 3. The SMILES string of the molecule is CC(C)c1ccccc1Oc1ccc(CNC(=O)CC#N)cc1. The van der Waals surface area contributed by atoms with Crippen LogP contribution in [-0.2, 0) is 11.3 Å². The molecule has 0 aromatic heterocycles. The predicted octanol–water partition coefficient (Wildman–Crippen LogP) is 4.13. The summed E-state index contributed by atoms with van der Waals surface area (Å²) in [5, 5.41) is 11.1. The number of benzene rings is 2. The molecule has 4 heteroatoms. The first-order valence-electron chi connectivity index (χ1n) is 7.59. The second-order valence-electron chi connectivity index (χ2n) is 5.55. The van der Waals surface area contributed by atoms with E-state index in [4.69, 9.17) is 10.00 Å². The largest absolute Gasteiger partial charge is 0.457 e. The van der Waals surface area contributed by atoms with Gasteiger partial charge in [-0.1, -0.05) is 44.2 Å². The Kier molecular flexibility index (Phi) is 5.76. The zero-order chi connectivity index (χ0) is 16.7. The third kappa shape index (κ3) is 4.86. The van der Waals surface area contributed by atoms with Gasteiger partial charge in [0.25, 0.3) is 0 Å². The van der Waals surface area contributed by atoms with Crippen LogP contribution in [0, 0.1) is 11.3 Å². The van der Waals surface area contributed by atoms with Gasteiger partial charge in [0.15, 0.2) is 0 Å². The molecule has 4 nitrogen and oxygen atoms in total. The summed E-state index contributed by atoms with van der Waals surface area (Å²) in [5.41, 5.74) is 2.13. The minimum atomic E-state index is -0.265. The highest BCUT2D eigenvalue weighted by Crippen LogP contribution is 2.30. The standard InChI is InChI=1S/C19H20N2O2/c1-14(2)17-5-3-4-6-18(17)23-16-9-7-15(8-10-16)13-21-19(22)11-12-20/h3-10,14H,11,13H2,1-2H3,(H,21,22). The maximum atomic E-state index is 11.3. The molecule has 0 spiro atoms. The van der Waals surface area contributed by atoms with Crippen molar-refractivity contribution < 1.29 is 9.53 Å². The number of nitrogens with one attached hydrogen (secondary N) is 1. The summed E-state index contributed by atoms with van der Waals surface area (Å²) in [6, 6.07) is 17.4. The summed E-state index contributed by atoms with van der Waals surface area (Å²) in [6.45, 7) is 4.67. The molecule has 118 valence electrons. The van der Waals surface area contributed by atoms with Gasteiger partial charge in [-0.2, -0.15) is 5.26 Å². The summed E-state index contributed by atoms with van der Waals surface area (Å²) < 4.78 is 5.96. The number of amides is 1. The molecule has 0 atom stereocenters. The summed E-state index contributed by atoms with van der Waals surface area (Å²) in [7, 11) is 0. The minimum absolute atomic E-state index is 0.118. The second kappa shape index (κ2) is 8.00. The van der Waals surface area contributed by atoms with E-state index in [1.54, 1.807) is 0 Å². The normalized spacial score (nSPS) is 10.2. The number of nitrogens with zero attached hydrogens (tertiary/aromatic N) is 1. The van der Waals surface area contributed by atoms with Gasteiger partial charge in [0.2, 0.25) is 5.91 Å². The van der Waals surface area contributed by atoms with Crippen molar-refractivity contribution in [1.82, 2.24) is 5.32 Å². The minimum Gasteiger partial charge on any atom is -0.457 e. The van der Waals surface area contributed by atoms with E-state index in [1.807, 2.05) is 48.5 Å². The Morgan fingerprint density at radius 2 is 1.87 bits per heavy atom. The van der Waals surface area contributed by atoms with E-state index in [9.17, 15) is 4.79 Å². The van der Waals surface area contributed by atoms with E-state index < -0.39 is 0 Å². The van der Waals surface area contributed by atoms with Crippen LogP contribution in [0.4, 0.5) is 0 Å². The van der Waals surface area contributed by atoms with Crippen LogP contribution < -0.4 is 10.1 Å². The van der Waals surface area contributed by atoms with Crippen LogP contribution in [0.2, 0.25) is 0 Å². The van der Waals surface area contributed by atoms with Crippen LogP contribution in [0.25, 0.3) is 0 Å². The Morgan fingerprint density at radius 1 is 1.17 bits per heavy atom. The van der Waals surface area contributed by atoms with Crippen molar-refractivity contribution in [3.05, 3.63) is 59.7 Å². The van der Waals surface area contributed by atoms with E-state index in [2.05, 4.69) is 25.2 Å². The summed E-state index contributed by atoms with van der Waals surface area (Å²) >= 11 is 0. The average Bonchev–Trinajstić information content (AvgIpc) is 2.55. The van der Waals surface area contributed by atoms with Crippen LogP contribution in [0.1, 0.15) is 37.3 Å². The molecule has 0 radical (unpaired) electrons. The lowest BCUT2D eigenvalue weighted by molar-refractivity contribution is -0.120. The van der Waals surface area contributed by atoms with Crippen LogP contribution in [0.5, 0.6) is 11.5 Å². The fraction of sp³-hybridized carbons (Fsp3) is 0.263. The molecule has 0 saturated carbocycles. The van der Waals surface area contributed by atoms with Crippen LogP contribution in [0.15, 0.2) is 48.5 Å². The molecule has 23 heavy (non-hydrogen) atoms. The first-order chi connectivity index (χ1) is 11.1. The number of ether oxygens (including phenoxy) is 1. The highest BCUT2D eigenvalue weighted by molar-refractivity contribution is 5.77. The van der Waals surface area contributed by atoms with Crippen LogP contribution in [0.3, 0.4) is 0 Å². The molecule has 0 saturated heterocycles. The van der Waals surface area contributed by atoms with E-state index in [1.165, 1.54) is 5.56 Å². The van der Waals surface area contributed by atoms with Crippen LogP contribution in [-0.4, -0.2) is 5.91 Å². The fourth-order valence-electron chi connectivity index (χ4n) is 2.19. The Hall–Kier alpha value is -2.80. The molecule has 2 aromatic rings. The molecule has 0 aliphatic carbocycles. The second-order valence-corrected chi connectivity index (χ2v) is 5.55. The van der Waals surface area contributed by atoms with Crippen molar-refractivity contribution in [2.45, 2.75) is 32.7 Å². The maximum Gasteiger partial charge on any atom is 0.234 e. The van der Waals surface area contributed by atoms with Gasteiger partial charge in [0, 0.05) is 6.54 Å². The Balaban J connectivity index is 2.01. The smallest absolute Gasteiger partial charge is 0.234 e. The first-order valence-corrected chi connectivity index (χ1v) is 7.59.